The number of ether oxygens (including phenoxy) is 1. The highest BCUT2D eigenvalue weighted by molar-refractivity contribution is 9.10. The summed E-state index contributed by atoms with van der Waals surface area (Å²) in [6.45, 7) is 4.57. The summed E-state index contributed by atoms with van der Waals surface area (Å²) in [6, 6.07) is 23.5. The Morgan fingerprint density at radius 1 is 1.00 bits per heavy atom. The van der Waals surface area contributed by atoms with Crippen LogP contribution < -0.4 is 14.2 Å². The maximum absolute atomic E-state index is 6.36. The maximum atomic E-state index is 6.36. The zero-order valence-electron chi connectivity index (χ0n) is 19.9. The third-order valence-corrected chi connectivity index (χ3v) is 11.7. The SMILES string of the molecule is CC[n+]1c(C=C2Sc3ccc(Br)cc3N2CCOc2cccc3ccccc23)sc2c3ccsc3sc21. The largest absolute Gasteiger partial charge is 0.491 e. The number of halogens is 1. The van der Waals surface area contributed by atoms with Crippen LogP contribution in [0.15, 0.2) is 86.5 Å². The van der Waals surface area contributed by atoms with Crippen molar-refractivity contribution in [1.82, 2.24) is 0 Å². The van der Waals surface area contributed by atoms with E-state index in [-0.39, 0.29) is 0 Å². The molecule has 37 heavy (non-hydrogen) atoms. The van der Waals surface area contributed by atoms with Crippen molar-refractivity contribution < 1.29 is 9.30 Å². The molecule has 3 aromatic heterocycles. The molecule has 7 rings (SSSR count). The molecule has 0 spiro atoms. The van der Waals surface area contributed by atoms with Crippen molar-refractivity contribution in [3.8, 4) is 5.75 Å². The Morgan fingerprint density at radius 2 is 1.89 bits per heavy atom. The Labute approximate surface area is 239 Å². The van der Waals surface area contributed by atoms with E-state index in [0.717, 1.165) is 28.7 Å². The quantitative estimate of drug-likeness (QED) is 0.172. The number of rotatable bonds is 6. The fourth-order valence-corrected chi connectivity index (χ4v) is 10.2. The third kappa shape index (κ3) is 4.19. The van der Waals surface area contributed by atoms with Gasteiger partial charge in [-0.3, -0.25) is 0 Å². The smallest absolute Gasteiger partial charge is 0.282 e. The number of thiazole rings is 1. The van der Waals surface area contributed by atoms with E-state index in [9.17, 15) is 0 Å². The van der Waals surface area contributed by atoms with E-state index in [2.05, 4.69) is 111 Å². The lowest BCUT2D eigenvalue weighted by atomic mass is 10.1. The second-order valence-electron chi connectivity index (χ2n) is 8.72. The number of fused-ring (bicyclic) bond motifs is 5. The maximum Gasteiger partial charge on any atom is 0.282 e. The topological polar surface area (TPSA) is 16.4 Å². The summed E-state index contributed by atoms with van der Waals surface area (Å²) in [5.41, 5.74) is 1.23. The molecular weight excluding hydrogens is 601 g/mol. The van der Waals surface area contributed by atoms with Gasteiger partial charge in [-0.25, -0.2) is 0 Å². The zero-order chi connectivity index (χ0) is 24.9. The average molecular weight is 623 g/mol. The highest BCUT2D eigenvalue weighted by Gasteiger charge is 2.29. The Bertz CT molecular complexity index is 1810. The number of thiophene rings is 2. The van der Waals surface area contributed by atoms with Crippen molar-refractivity contribution in [2.75, 3.05) is 18.1 Å². The van der Waals surface area contributed by atoms with Crippen LogP contribution in [0.1, 0.15) is 11.9 Å². The van der Waals surface area contributed by atoms with E-state index in [1.54, 1.807) is 0 Å². The van der Waals surface area contributed by atoms with E-state index < -0.39 is 0 Å². The number of nitrogens with zero attached hydrogens (tertiary/aromatic N) is 2. The van der Waals surface area contributed by atoms with Crippen molar-refractivity contribution >= 4 is 103 Å². The summed E-state index contributed by atoms with van der Waals surface area (Å²) in [4.78, 5) is 5.07. The molecular formula is C29H22BrN2OS4+. The second kappa shape index (κ2) is 9.75. The molecule has 0 atom stereocenters. The Morgan fingerprint density at radius 3 is 2.81 bits per heavy atom. The lowest BCUT2D eigenvalue weighted by Gasteiger charge is -2.21. The van der Waals surface area contributed by atoms with Gasteiger partial charge in [0.2, 0.25) is 0 Å². The van der Waals surface area contributed by atoms with Crippen molar-refractivity contribution in [1.29, 1.82) is 0 Å². The summed E-state index contributed by atoms with van der Waals surface area (Å²) in [5.74, 6) is 0.937. The van der Waals surface area contributed by atoms with Crippen LogP contribution in [-0.4, -0.2) is 13.2 Å². The number of thioether (sulfide) groups is 1. The summed E-state index contributed by atoms with van der Waals surface area (Å²) >= 11 is 11.2. The van der Waals surface area contributed by atoms with Crippen molar-refractivity contribution in [3.05, 3.63) is 86.6 Å². The zero-order valence-corrected chi connectivity index (χ0v) is 24.8. The highest BCUT2D eigenvalue weighted by Crippen LogP contribution is 2.48. The van der Waals surface area contributed by atoms with Crippen molar-refractivity contribution in [2.45, 2.75) is 18.4 Å². The molecule has 8 heteroatoms. The molecule has 184 valence electrons. The molecule has 0 aliphatic carbocycles. The van der Waals surface area contributed by atoms with Gasteiger partial charge in [0, 0.05) is 20.1 Å². The van der Waals surface area contributed by atoms with Gasteiger partial charge >= 0.3 is 0 Å². The monoisotopic (exact) mass is 621 g/mol. The fourth-order valence-electron chi connectivity index (χ4n) is 4.82. The highest BCUT2D eigenvalue weighted by atomic mass is 79.9. The van der Waals surface area contributed by atoms with E-state index in [0.29, 0.717) is 6.61 Å². The third-order valence-electron chi connectivity index (χ3n) is 6.55. The number of hydrogen-bond donors (Lipinski definition) is 0. The minimum absolute atomic E-state index is 0.598. The molecule has 6 aromatic rings. The van der Waals surface area contributed by atoms with Gasteiger partial charge in [0.05, 0.1) is 27.4 Å². The minimum Gasteiger partial charge on any atom is -0.491 e. The van der Waals surface area contributed by atoms with Gasteiger partial charge in [-0.2, -0.15) is 4.57 Å². The van der Waals surface area contributed by atoms with Crippen molar-refractivity contribution in [2.24, 2.45) is 0 Å². The molecule has 0 unspecified atom stereocenters. The molecule has 0 bridgehead atoms. The summed E-state index contributed by atoms with van der Waals surface area (Å²) in [7, 11) is 0. The molecule has 1 aliphatic heterocycles. The molecule has 0 radical (unpaired) electrons. The summed E-state index contributed by atoms with van der Waals surface area (Å²) < 4.78 is 12.7. The number of benzene rings is 3. The van der Waals surface area contributed by atoms with Crippen LogP contribution in [0.3, 0.4) is 0 Å². The molecule has 1 aliphatic rings. The second-order valence-corrected chi connectivity index (χ2v) is 13.9. The van der Waals surface area contributed by atoms with Gasteiger partial charge in [-0.15, -0.1) is 11.3 Å². The Kier molecular flexibility index (Phi) is 6.25. The summed E-state index contributed by atoms with van der Waals surface area (Å²) in [5, 5.41) is 8.50. The lowest BCUT2D eigenvalue weighted by molar-refractivity contribution is -0.663. The summed E-state index contributed by atoms with van der Waals surface area (Å²) in [6.07, 6.45) is 2.37. The van der Waals surface area contributed by atoms with E-state index >= 15 is 0 Å². The number of anilines is 1. The van der Waals surface area contributed by atoms with E-state index in [4.69, 9.17) is 4.74 Å². The first kappa shape index (κ1) is 23.7. The van der Waals surface area contributed by atoms with Crippen LogP contribution in [0, 0.1) is 0 Å². The van der Waals surface area contributed by atoms with Crippen molar-refractivity contribution in [3.63, 3.8) is 0 Å². The first-order chi connectivity index (χ1) is 18.2. The van der Waals surface area contributed by atoms with Crippen LogP contribution >= 0.6 is 61.7 Å². The molecule has 0 N–H and O–H groups in total. The van der Waals surface area contributed by atoms with Crippen LogP contribution in [-0.2, 0) is 6.54 Å². The van der Waals surface area contributed by atoms with Gasteiger partial charge in [-0.05, 0) is 48.0 Å². The van der Waals surface area contributed by atoms with E-state index in [1.807, 2.05) is 45.8 Å². The van der Waals surface area contributed by atoms with Crippen LogP contribution in [0.25, 0.3) is 35.8 Å². The van der Waals surface area contributed by atoms with Crippen LogP contribution in [0.4, 0.5) is 5.69 Å². The number of aromatic nitrogens is 1. The number of aryl methyl sites for hydroxylation is 1. The molecule has 0 saturated carbocycles. The lowest BCUT2D eigenvalue weighted by Crippen LogP contribution is -2.33. The molecule has 4 heterocycles. The standard InChI is InChI=1S/C29H22BrN2OS4/c1-2-31-25(36-27-21-12-15-34-29(21)37-28(27)31)17-26-32(22-16-19(30)10-11-24(22)35-26)13-14-33-23-9-5-7-18-6-3-4-8-20(18)23/h3-12,15-17H,2,13-14H2,1H3/q+1. The van der Waals surface area contributed by atoms with Gasteiger partial charge in [-0.1, -0.05) is 86.8 Å². The molecule has 0 saturated heterocycles. The predicted octanol–water partition coefficient (Wildman–Crippen LogP) is 9.39. The van der Waals surface area contributed by atoms with Gasteiger partial charge in [0.25, 0.3) is 9.84 Å². The number of hydrogen-bond acceptors (Lipinski definition) is 6. The fraction of sp³-hybridized carbons (Fsp3) is 0.138. The predicted molar refractivity (Wildman–Crippen MR) is 166 cm³/mol. The van der Waals surface area contributed by atoms with Gasteiger partial charge in [0.15, 0.2) is 0 Å². The Hall–Kier alpha value is -2.36. The molecule has 0 fully saturated rings. The molecule has 3 nitrogen and oxygen atoms in total. The average Bonchev–Trinajstić information content (AvgIpc) is 3.65. The first-order valence-electron chi connectivity index (χ1n) is 12.1. The first-order valence-corrected chi connectivity index (χ1v) is 16.2. The molecule has 0 amide bonds. The van der Waals surface area contributed by atoms with Crippen LogP contribution in [0.5, 0.6) is 5.75 Å². The molecule has 3 aromatic carbocycles. The minimum atomic E-state index is 0.598. The van der Waals surface area contributed by atoms with Gasteiger partial charge in [0.1, 0.15) is 23.6 Å². The van der Waals surface area contributed by atoms with Gasteiger partial charge < -0.3 is 9.64 Å². The Balaban J connectivity index is 1.23. The normalized spacial score (nSPS) is 14.4. The van der Waals surface area contributed by atoms with E-state index in [1.165, 1.54) is 44.9 Å². The van der Waals surface area contributed by atoms with Crippen LogP contribution in [0.2, 0.25) is 0 Å².